The predicted octanol–water partition coefficient (Wildman–Crippen LogP) is 3.01. The Kier molecular flexibility index (Phi) is 5.58. The monoisotopic (exact) mass is 299 g/mol. The van der Waals surface area contributed by atoms with Crippen LogP contribution < -0.4 is 0 Å². The molecule has 1 unspecified atom stereocenters. The predicted molar refractivity (Wildman–Crippen MR) is 90.2 cm³/mol. The van der Waals surface area contributed by atoms with Gasteiger partial charge in [0.2, 0.25) is 0 Å². The smallest absolute Gasteiger partial charge is 0.119 e. The minimum atomic E-state index is -0.567. The molecule has 0 radical (unpaired) electrons. The number of aliphatic hydroxyl groups excluding tert-OH is 1. The highest BCUT2D eigenvalue weighted by Crippen LogP contribution is 2.40. The van der Waals surface area contributed by atoms with Crippen molar-refractivity contribution in [2.75, 3.05) is 27.2 Å². The molecule has 0 bridgehead atoms. The Morgan fingerprint density at radius 2 is 1.59 bits per heavy atom. The number of para-hydroxylation sites is 1. The van der Waals surface area contributed by atoms with E-state index < -0.39 is 5.41 Å². The van der Waals surface area contributed by atoms with Crippen LogP contribution in [0.4, 0.5) is 0 Å². The third kappa shape index (κ3) is 3.49. The molecule has 0 aliphatic carbocycles. The summed E-state index contributed by atoms with van der Waals surface area (Å²) in [6.07, 6.45) is 1.72. The largest absolute Gasteiger partial charge is 0.508 e. The molecule has 0 aliphatic rings. The average Bonchev–Trinajstić information content (AvgIpc) is 2.53. The SMILES string of the molecule is CN(C)CCCC(CO)(c1ccccc1)c1ccccc1O. The van der Waals surface area contributed by atoms with Crippen molar-refractivity contribution in [2.24, 2.45) is 0 Å². The van der Waals surface area contributed by atoms with Gasteiger partial charge in [-0.05, 0) is 45.1 Å². The minimum Gasteiger partial charge on any atom is -0.508 e. The highest BCUT2D eigenvalue weighted by atomic mass is 16.3. The van der Waals surface area contributed by atoms with Crippen molar-refractivity contribution < 1.29 is 10.2 Å². The zero-order valence-electron chi connectivity index (χ0n) is 13.4. The summed E-state index contributed by atoms with van der Waals surface area (Å²) in [5.74, 6) is 0.241. The standard InChI is InChI=1S/C19H25NO2/c1-20(2)14-8-13-19(15-21,16-9-4-3-5-10-16)17-11-6-7-12-18(17)22/h3-7,9-12,21-22H,8,13-15H2,1-2H3. The van der Waals surface area contributed by atoms with Crippen LogP contribution in [0.1, 0.15) is 24.0 Å². The fourth-order valence-electron chi connectivity index (χ4n) is 3.02. The van der Waals surface area contributed by atoms with Gasteiger partial charge in [-0.3, -0.25) is 0 Å². The first kappa shape index (κ1) is 16.5. The van der Waals surface area contributed by atoms with Crippen LogP contribution in [0.3, 0.4) is 0 Å². The van der Waals surface area contributed by atoms with E-state index in [1.807, 2.05) is 62.6 Å². The fourth-order valence-corrected chi connectivity index (χ4v) is 3.02. The van der Waals surface area contributed by atoms with Gasteiger partial charge in [-0.1, -0.05) is 48.5 Å². The molecule has 0 fully saturated rings. The van der Waals surface area contributed by atoms with Gasteiger partial charge in [-0.2, -0.15) is 0 Å². The molecule has 0 amide bonds. The lowest BCUT2D eigenvalue weighted by Gasteiger charge is -2.34. The van der Waals surface area contributed by atoms with Crippen molar-refractivity contribution in [1.29, 1.82) is 0 Å². The number of benzene rings is 2. The molecule has 22 heavy (non-hydrogen) atoms. The quantitative estimate of drug-likeness (QED) is 0.826. The molecular formula is C19H25NO2. The molecule has 3 nitrogen and oxygen atoms in total. The summed E-state index contributed by atoms with van der Waals surface area (Å²) >= 11 is 0. The average molecular weight is 299 g/mol. The maximum atomic E-state index is 10.3. The summed E-state index contributed by atoms with van der Waals surface area (Å²) in [5, 5.41) is 20.6. The van der Waals surface area contributed by atoms with Gasteiger partial charge in [0.15, 0.2) is 0 Å². The number of rotatable bonds is 7. The molecule has 2 rings (SSSR count). The first-order chi connectivity index (χ1) is 10.6. The topological polar surface area (TPSA) is 43.7 Å². The highest BCUT2D eigenvalue weighted by Gasteiger charge is 2.35. The lowest BCUT2D eigenvalue weighted by atomic mass is 9.71. The fraction of sp³-hybridized carbons (Fsp3) is 0.368. The molecule has 3 heteroatoms. The Hall–Kier alpha value is -1.84. The summed E-state index contributed by atoms with van der Waals surface area (Å²) in [6.45, 7) is 0.921. The molecule has 0 aromatic heterocycles. The van der Waals surface area contributed by atoms with Gasteiger partial charge in [-0.25, -0.2) is 0 Å². The first-order valence-electron chi connectivity index (χ1n) is 7.70. The van der Waals surface area contributed by atoms with Gasteiger partial charge in [0.25, 0.3) is 0 Å². The van der Waals surface area contributed by atoms with Crippen molar-refractivity contribution in [2.45, 2.75) is 18.3 Å². The van der Waals surface area contributed by atoms with E-state index in [2.05, 4.69) is 4.90 Å². The van der Waals surface area contributed by atoms with Gasteiger partial charge >= 0.3 is 0 Å². The third-order valence-corrected chi connectivity index (χ3v) is 4.22. The molecule has 118 valence electrons. The molecule has 0 saturated heterocycles. The van der Waals surface area contributed by atoms with Crippen LogP contribution in [0, 0.1) is 0 Å². The molecule has 0 heterocycles. The number of aliphatic hydroxyl groups is 1. The number of aromatic hydroxyl groups is 1. The van der Waals surface area contributed by atoms with Crippen molar-refractivity contribution in [3.05, 3.63) is 65.7 Å². The van der Waals surface area contributed by atoms with Gasteiger partial charge in [0, 0.05) is 11.0 Å². The Labute approximate surface area is 132 Å². The van der Waals surface area contributed by atoms with Crippen molar-refractivity contribution in [3.8, 4) is 5.75 Å². The second kappa shape index (κ2) is 7.43. The Balaban J connectivity index is 2.45. The van der Waals surface area contributed by atoms with Crippen molar-refractivity contribution >= 4 is 0 Å². The van der Waals surface area contributed by atoms with E-state index in [1.165, 1.54) is 0 Å². The van der Waals surface area contributed by atoms with E-state index in [0.717, 1.165) is 30.5 Å². The second-order valence-electron chi connectivity index (χ2n) is 6.03. The molecule has 1 atom stereocenters. The maximum absolute atomic E-state index is 10.3. The van der Waals surface area contributed by atoms with Gasteiger partial charge in [0.05, 0.1) is 6.61 Å². The molecule has 2 aromatic carbocycles. The number of phenolic OH excluding ortho intramolecular Hbond substituents is 1. The van der Waals surface area contributed by atoms with E-state index in [0.29, 0.717) is 0 Å². The van der Waals surface area contributed by atoms with E-state index in [-0.39, 0.29) is 12.4 Å². The van der Waals surface area contributed by atoms with Crippen LogP contribution in [0.25, 0.3) is 0 Å². The van der Waals surface area contributed by atoms with Crippen molar-refractivity contribution in [1.82, 2.24) is 4.90 Å². The number of hydrogen-bond acceptors (Lipinski definition) is 3. The number of phenols is 1. The normalized spacial score (nSPS) is 14.0. The van der Waals surface area contributed by atoms with E-state index in [1.54, 1.807) is 6.07 Å². The van der Waals surface area contributed by atoms with E-state index in [9.17, 15) is 10.2 Å². The van der Waals surface area contributed by atoms with Gasteiger partial charge < -0.3 is 15.1 Å². The molecule has 2 N–H and O–H groups in total. The van der Waals surface area contributed by atoms with Crippen molar-refractivity contribution in [3.63, 3.8) is 0 Å². The second-order valence-corrected chi connectivity index (χ2v) is 6.03. The minimum absolute atomic E-state index is 0.0258. The lowest BCUT2D eigenvalue weighted by molar-refractivity contribution is 0.201. The summed E-state index contributed by atoms with van der Waals surface area (Å²) < 4.78 is 0. The highest BCUT2D eigenvalue weighted by molar-refractivity contribution is 5.46. The van der Waals surface area contributed by atoms with Crippen LogP contribution in [-0.2, 0) is 5.41 Å². The summed E-state index contributed by atoms with van der Waals surface area (Å²) in [7, 11) is 4.09. The Morgan fingerprint density at radius 1 is 0.955 bits per heavy atom. The van der Waals surface area contributed by atoms with Crippen LogP contribution in [-0.4, -0.2) is 42.4 Å². The first-order valence-corrected chi connectivity index (χ1v) is 7.70. The maximum Gasteiger partial charge on any atom is 0.119 e. The van der Waals surface area contributed by atoms with E-state index in [4.69, 9.17) is 0 Å². The van der Waals surface area contributed by atoms with E-state index >= 15 is 0 Å². The van der Waals surface area contributed by atoms with Gasteiger partial charge in [-0.15, -0.1) is 0 Å². The van der Waals surface area contributed by atoms with Crippen LogP contribution >= 0.6 is 0 Å². The summed E-state index contributed by atoms with van der Waals surface area (Å²) in [6, 6.07) is 17.3. The number of hydrogen-bond donors (Lipinski definition) is 2. The molecule has 0 spiro atoms. The van der Waals surface area contributed by atoms with Crippen LogP contribution in [0.2, 0.25) is 0 Å². The van der Waals surface area contributed by atoms with Crippen LogP contribution in [0.15, 0.2) is 54.6 Å². The lowest BCUT2D eigenvalue weighted by Crippen LogP contribution is -2.33. The summed E-state index contributed by atoms with van der Waals surface area (Å²) in [5.41, 5.74) is 1.27. The Bertz CT molecular complexity index is 583. The Morgan fingerprint density at radius 3 is 2.18 bits per heavy atom. The molecular weight excluding hydrogens is 274 g/mol. The summed E-state index contributed by atoms with van der Waals surface area (Å²) in [4.78, 5) is 2.14. The van der Waals surface area contributed by atoms with Crippen LogP contribution in [0.5, 0.6) is 5.75 Å². The molecule has 0 aliphatic heterocycles. The molecule has 2 aromatic rings. The molecule has 0 saturated carbocycles. The van der Waals surface area contributed by atoms with Gasteiger partial charge in [0.1, 0.15) is 5.75 Å². The third-order valence-electron chi connectivity index (χ3n) is 4.22. The zero-order valence-corrected chi connectivity index (χ0v) is 13.4. The number of nitrogens with zero attached hydrogens (tertiary/aromatic N) is 1. The zero-order chi connectivity index (χ0) is 16.0.